The van der Waals surface area contributed by atoms with Crippen LogP contribution < -0.4 is 0 Å². The van der Waals surface area contributed by atoms with E-state index < -0.39 is 0 Å². The highest BCUT2D eigenvalue weighted by atomic mass is 16.3. The number of para-hydroxylation sites is 2. The summed E-state index contributed by atoms with van der Waals surface area (Å²) in [7, 11) is 0. The van der Waals surface area contributed by atoms with E-state index in [9.17, 15) is 5.26 Å². The van der Waals surface area contributed by atoms with E-state index in [0.717, 1.165) is 49.6 Å². The summed E-state index contributed by atoms with van der Waals surface area (Å²) >= 11 is 0. The first-order valence-corrected chi connectivity index (χ1v) is 11.8. The van der Waals surface area contributed by atoms with Crippen LogP contribution in [0, 0.1) is 11.3 Å². The lowest BCUT2D eigenvalue weighted by Crippen LogP contribution is -1.95. The fraction of sp³-hybridized carbons (Fsp3) is 0.0323. The average Bonchev–Trinajstić information content (AvgIpc) is 3.51. The molecule has 0 saturated heterocycles. The van der Waals surface area contributed by atoms with E-state index in [1.54, 1.807) is 0 Å². The molecule has 0 aliphatic carbocycles. The summed E-state index contributed by atoms with van der Waals surface area (Å²) < 4.78 is 12.4. The van der Waals surface area contributed by atoms with Gasteiger partial charge in [-0.2, -0.15) is 5.26 Å². The quantitative estimate of drug-likeness (QED) is 0.242. The Labute approximate surface area is 211 Å². The largest absolute Gasteiger partial charge is 0.455 e. The number of aromatic nitrogens is 2. The Morgan fingerprint density at radius 3 is 2.32 bits per heavy atom. The predicted octanol–water partition coefficient (Wildman–Crippen LogP) is 7.68. The first-order chi connectivity index (χ1) is 18.2. The van der Waals surface area contributed by atoms with Crippen LogP contribution in [0.2, 0.25) is 0 Å². The smallest absolute Gasteiger partial charge is 0.233 e. The monoisotopic (exact) mass is 478 g/mol. The molecule has 7 rings (SSSR count). The van der Waals surface area contributed by atoms with Gasteiger partial charge in [0.25, 0.3) is 0 Å². The van der Waals surface area contributed by atoms with Crippen LogP contribution in [0.1, 0.15) is 11.5 Å². The maximum Gasteiger partial charge on any atom is 0.233 e. The number of hydrogen-bond acceptors (Lipinski definition) is 6. The number of nitriles is 1. The second kappa shape index (κ2) is 8.14. The Kier molecular flexibility index (Phi) is 4.63. The summed E-state index contributed by atoms with van der Waals surface area (Å²) in [5, 5.41) is 12.4. The Morgan fingerprint density at radius 2 is 1.49 bits per heavy atom. The van der Waals surface area contributed by atoms with E-state index in [1.807, 2.05) is 42.5 Å². The van der Waals surface area contributed by atoms with Gasteiger partial charge in [0.2, 0.25) is 5.82 Å². The Balaban J connectivity index is 1.31. The zero-order valence-corrected chi connectivity index (χ0v) is 19.6. The Bertz CT molecular complexity index is 2040. The van der Waals surface area contributed by atoms with Crippen molar-refractivity contribution in [1.82, 2.24) is 9.97 Å². The lowest BCUT2D eigenvalue weighted by Gasteiger charge is -2.06. The molecule has 0 spiro atoms. The SMILES string of the molecule is C=NCc1nc(C#N)nc2c1oc1cc(-c3ccc(-c4cccc5c4oc4ccccc45)cc3)ccc12. The van der Waals surface area contributed by atoms with Crippen molar-refractivity contribution in [3.63, 3.8) is 0 Å². The van der Waals surface area contributed by atoms with Gasteiger partial charge in [-0.15, -0.1) is 0 Å². The van der Waals surface area contributed by atoms with Gasteiger partial charge in [-0.05, 0) is 41.6 Å². The molecule has 174 valence electrons. The number of nitrogens with zero attached hydrogens (tertiary/aromatic N) is 4. The maximum absolute atomic E-state index is 9.33. The molecule has 0 unspecified atom stereocenters. The molecule has 0 aliphatic rings. The molecular formula is C31H18N4O2. The van der Waals surface area contributed by atoms with Crippen molar-refractivity contribution in [3.05, 3.63) is 96.4 Å². The van der Waals surface area contributed by atoms with Gasteiger partial charge >= 0.3 is 0 Å². The lowest BCUT2D eigenvalue weighted by molar-refractivity contribution is 0.657. The van der Waals surface area contributed by atoms with Crippen LogP contribution in [-0.2, 0) is 6.54 Å². The lowest BCUT2D eigenvalue weighted by atomic mass is 9.98. The fourth-order valence-electron chi connectivity index (χ4n) is 4.96. The molecule has 0 bridgehead atoms. The zero-order valence-electron chi connectivity index (χ0n) is 19.6. The van der Waals surface area contributed by atoms with Gasteiger partial charge in [-0.25, -0.2) is 9.97 Å². The van der Waals surface area contributed by atoms with Gasteiger partial charge < -0.3 is 8.83 Å². The summed E-state index contributed by atoms with van der Waals surface area (Å²) in [6.07, 6.45) is 0. The number of rotatable bonds is 4. The van der Waals surface area contributed by atoms with Crippen LogP contribution in [0.25, 0.3) is 66.3 Å². The first kappa shape index (κ1) is 21.0. The molecule has 6 nitrogen and oxygen atoms in total. The second-order valence-corrected chi connectivity index (χ2v) is 8.84. The molecule has 0 saturated carbocycles. The van der Waals surface area contributed by atoms with Gasteiger partial charge in [0.05, 0.1) is 6.54 Å². The number of hydrogen-bond donors (Lipinski definition) is 0. The molecule has 7 aromatic rings. The van der Waals surface area contributed by atoms with Crippen LogP contribution in [0.15, 0.2) is 98.8 Å². The van der Waals surface area contributed by atoms with Crippen LogP contribution in [0.5, 0.6) is 0 Å². The van der Waals surface area contributed by atoms with Gasteiger partial charge in [0, 0.05) is 21.7 Å². The highest BCUT2D eigenvalue weighted by Crippen LogP contribution is 2.37. The molecule has 0 aliphatic heterocycles. The summed E-state index contributed by atoms with van der Waals surface area (Å²) in [6.45, 7) is 3.79. The number of benzene rings is 4. The van der Waals surface area contributed by atoms with E-state index in [-0.39, 0.29) is 12.4 Å². The summed E-state index contributed by atoms with van der Waals surface area (Å²) in [5.41, 5.74) is 8.37. The Morgan fingerprint density at radius 1 is 0.730 bits per heavy atom. The van der Waals surface area contributed by atoms with Crippen molar-refractivity contribution < 1.29 is 8.83 Å². The van der Waals surface area contributed by atoms with Crippen LogP contribution in [-0.4, -0.2) is 16.7 Å². The fourth-order valence-corrected chi connectivity index (χ4v) is 4.96. The molecule has 6 heteroatoms. The molecule has 0 fully saturated rings. The van der Waals surface area contributed by atoms with Crippen LogP contribution >= 0.6 is 0 Å². The zero-order chi connectivity index (χ0) is 24.9. The summed E-state index contributed by atoms with van der Waals surface area (Å²) in [6, 6.07) is 30.8. The van der Waals surface area contributed by atoms with Crippen molar-refractivity contribution in [2.24, 2.45) is 4.99 Å². The van der Waals surface area contributed by atoms with E-state index >= 15 is 0 Å². The minimum atomic E-state index is 0.0907. The third-order valence-corrected chi connectivity index (χ3v) is 6.68. The number of fused-ring (bicyclic) bond motifs is 6. The summed E-state index contributed by atoms with van der Waals surface area (Å²) in [4.78, 5) is 12.5. The van der Waals surface area contributed by atoms with E-state index in [0.29, 0.717) is 22.4 Å². The van der Waals surface area contributed by atoms with Crippen LogP contribution in [0.4, 0.5) is 0 Å². The normalized spacial score (nSPS) is 11.4. The highest BCUT2D eigenvalue weighted by molar-refractivity contribution is 6.09. The molecule has 37 heavy (non-hydrogen) atoms. The van der Waals surface area contributed by atoms with E-state index in [2.05, 4.69) is 70.2 Å². The highest BCUT2D eigenvalue weighted by Gasteiger charge is 2.17. The van der Waals surface area contributed by atoms with Crippen molar-refractivity contribution >= 4 is 50.7 Å². The van der Waals surface area contributed by atoms with Crippen molar-refractivity contribution in [2.75, 3.05) is 0 Å². The van der Waals surface area contributed by atoms with Gasteiger partial charge in [0.15, 0.2) is 5.58 Å². The molecular weight excluding hydrogens is 460 g/mol. The first-order valence-electron chi connectivity index (χ1n) is 11.8. The molecule has 3 aromatic heterocycles. The van der Waals surface area contributed by atoms with Gasteiger partial charge in [-0.3, -0.25) is 4.99 Å². The number of furan rings is 2. The molecule has 0 radical (unpaired) electrons. The minimum absolute atomic E-state index is 0.0907. The number of aliphatic imine (C=N–C) groups is 1. The third kappa shape index (κ3) is 3.29. The average molecular weight is 479 g/mol. The summed E-state index contributed by atoms with van der Waals surface area (Å²) in [5.74, 6) is 0.0907. The van der Waals surface area contributed by atoms with Crippen molar-refractivity contribution in [3.8, 4) is 28.3 Å². The maximum atomic E-state index is 9.33. The van der Waals surface area contributed by atoms with E-state index in [4.69, 9.17) is 8.83 Å². The van der Waals surface area contributed by atoms with Crippen molar-refractivity contribution in [1.29, 1.82) is 5.26 Å². The molecule has 4 aromatic carbocycles. The standard InChI is InChI=1S/C31H18N4O2/c1-33-17-25-31-29(35-28(16-32)34-25)24-14-13-20(15-27(24)37-31)18-9-11-19(12-10-18)21-6-4-7-23-22-5-2-3-8-26(22)36-30(21)23/h2-15H,1,17H2. The second-order valence-electron chi connectivity index (χ2n) is 8.84. The molecule has 0 atom stereocenters. The van der Waals surface area contributed by atoms with Gasteiger partial charge in [-0.1, -0.05) is 66.7 Å². The topological polar surface area (TPSA) is 88.2 Å². The van der Waals surface area contributed by atoms with Crippen LogP contribution in [0.3, 0.4) is 0 Å². The Hall–Kier alpha value is -5.28. The molecule has 0 N–H and O–H groups in total. The van der Waals surface area contributed by atoms with E-state index in [1.165, 1.54) is 0 Å². The molecule has 0 amide bonds. The van der Waals surface area contributed by atoms with Crippen molar-refractivity contribution in [2.45, 2.75) is 6.54 Å². The third-order valence-electron chi connectivity index (χ3n) is 6.68. The predicted molar refractivity (Wildman–Crippen MR) is 145 cm³/mol. The minimum Gasteiger partial charge on any atom is -0.455 e. The molecule has 3 heterocycles. The van der Waals surface area contributed by atoms with Gasteiger partial charge in [0.1, 0.15) is 34.0 Å².